The normalized spacial score (nSPS) is 19.0. The highest BCUT2D eigenvalue weighted by atomic mass is 32.2. The van der Waals surface area contributed by atoms with Gasteiger partial charge < -0.3 is 5.73 Å². The molecule has 2 N–H and O–H groups in total. The number of nitrogens with two attached hydrogens (primary N) is 1. The molecule has 1 aromatic rings. The van der Waals surface area contributed by atoms with E-state index >= 15 is 0 Å². The molecule has 0 aromatic heterocycles. The zero-order valence-electron chi connectivity index (χ0n) is 10.8. The van der Waals surface area contributed by atoms with Gasteiger partial charge in [0.2, 0.25) is 0 Å². The van der Waals surface area contributed by atoms with E-state index in [4.69, 9.17) is 5.73 Å². The first kappa shape index (κ1) is 13.6. The van der Waals surface area contributed by atoms with Crippen LogP contribution in [-0.4, -0.2) is 20.2 Å². The van der Waals surface area contributed by atoms with Crippen LogP contribution < -0.4 is 5.73 Å². The Morgan fingerprint density at radius 3 is 2.33 bits per heavy atom. The predicted octanol–water partition coefficient (Wildman–Crippen LogP) is 2.29. The fourth-order valence-electron chi connectivity index (χ4n) is 2.62. The van der Waals surface area contributed by atoms with Crippen molar-refractivity contribution >= 4 is 9.84 Å². The summed E-state index contributed by atoms with van der Waals surface area (Å²) in [7, 11) is -3.24. The summed E-state index contributed by atoms with van der Waals surface area (Å²) in [5.74, 6) is 0.450. The molecule has 1 aliphatic carbocycles. The fourth-order valence-corrected chi connectivity index (χ4v) is 4.14. The second-order valence-corrected chi connectivity index (χ2v) is 7.34. The van der Waals surface area contributed by atoms with Crippen LogP contribution in [0.2, 0.25) is 0 Å². The van der Waals surface area contributed by atoms with E-state index in [1.54, 1.807) is 12.1 Å². The molecule has 2 rings (SSSR count). The van der Waals surface area contributed by atoms with Gasteiger partial charge in [0.05, 0.1) is 10.6 Å². The molecule has 3 nitrogen and oxygen atoms in total. The van der Waals surface area contributed by atoms with Crippen LogP contribution in [0.15, 0.2) is 29.2 Å². The van der Waals surface area contributed by atoms with Crippen LogP contribution in [0.3, 0.4) is 0 Å². The van der Waals surface area contributed by atoms with Gasteiger partial charge in [-0.1, -0.05) is 30.5 Å². The molecular formula is C14H21NO2S. The van der Waals surface area contributed by atoms with Crippen LogP contribution >= 0.6 is 0 Å². The SMILES string of the molecule is Cc1ccc(S(=O)(=O)CC(N)C2CCCC2)cc1. The molecule has 4 heteroatoms. The summed E-state index contributed by atoms with van der Waals surface area (Å²) in [6.07, 6.45) is 4.51. The zero-order chi connectivity index (χ0) is 13.2. The van der Waals surface area contributed by atoms with E-state index < -0.39 is 9.84 Å². The molecule has 18 heavy (non-hydrogen) atoms. The minimum atomic E-state index is -3.24. The molecule has 0 heterocycles. The number of hydrogen-bond acceptors (Lipinski definition) is 3. The Balaban J connectivity index is 2.09. The van der Waals surface area contributed by atoms with E-state index in [1.807, 2.05) is 19.1 Å². The molecule has 1 unspecified atom stereocenters. The van der Waals surface area contributed by atoms with E-state index in [0.717, 1.165) is 18.4 Å². The summed E-state index contributed by atoms with van der Waals surface area (Å²) in [5, 5.41) is 0. The standard InChI is InChI=1S/C14H21NO2S/c1-11-6-8-13(9-7-11)18(16,17)10-14(15)12-4-2-3-5-12/h6-9,12,14H,2-5,10,15H2,1H3. The lowest BCUT2D eigenvalue weighted by Gasteiger charge is -2.18. The van der Waals surface area contributed by atoms with E-state index in [2.05, 4.69) is 0 Å². The van der Waals surface area contributed by atoms with Crippen LogP contribution in [-0.2, 0) is 9.84 Å². The summed E-state index contributed by atoms with van der Waals surface area (Å²) >= 11 is 0. The largest absolute Gasteiger partial charge is 0.327 e. The van der Waals surface area contributed by atoms with Crippen LogP contribution in [0, 0.1) is 12.8 Å². The van der Waals surface area contributed by atoms with Gasteiger partial charge in [0.1, 0.15) is 0 Å². The Bertz CT molecular complexity index is 487. The minimum absolute atomic E-state index is 0.0702. The molecule has 0 saturated heterocycles. The second kappa shape index (κ2) is 5.41. The zero-order valence-corrected chi connectivity index (χ0v) is 11.6. The van der Waals surface area contributed by atoms with Crippen LogP contribution in [0.4, 0.5) is 0 Å². The van der Waals surface area contributed by atoms with E-state index in [9.17, 15) is 8.42 Å². The van der Waals surface area contributed by atoms with Crippen LogP contribution in [0.1, 0.15) is 31.2 Å². The number of hydrogen-bond donors (Lipinski definition) is 1. The lowest BCUT2D eigenvalue weighted by Crippen LogP contribution is -2.35. The molecule has 0 spiro atoms. The van der Waals surface area contributed by atoms with Gasteiger partial charge >= 0.3 is 0 Å². The average Bonchev–Trinajstić information content (AvgIpc) is 2.82. The Hall–Kier alpha value is -0.870. The maximum Gasteiger partial charge on any atom is 0.179 e. The van der Waals surface area contributed by atoms with Gasteiger partial charge in [0.25, 0.3) is 0 Å². The van der Waals surface area contributed by atoms with E-state index in [0.29, 0.717) is 10.8 Å². The van der Waals surface area contributed by atoms with Crippen molar-refractivity contribution in [3.8, 4) is 0 Å². The smallest absolute Gasteiger partial charge is 0.179 e. The third kappa shape index (κ3) is 3.12. The first-order chi connectivity index (χ1) is 8.49. The maximum atomic E-state index is 12.2. The maximum absolute atomic E-state index is 12.2. The number of sulfone groups is 1. The number of rotatable bonds is 4. The lowest BCUT2D eigenvalue weighted by molar-refractivity contribution is 0.455. The highest BCUT2D eigenvalue weighted by Gasteiger charge is 2.27. The molecular weight excluding hydrogens is 246 g/mol. The highest BCUT2D eigenvalue weighted by molar-refractivity contribution is 7.91. The summed E-state index contributed by atoms with van der Waals surface area (Å²) < 4.78 is 24.5. The van der Waals surface area contributed by atoms with Crippen molar-refractivity contribution in [2.24, 2.45) is 11.7 Å². The molecule has 0 radical (unpaired) electrons. The molecule has 0 amide bonds. The van der Waals surface area contributed by atoms with Crippen molar-refractivity contribution in [2.45, 2.75) is 43.5 Å². The third-order valence-corrected chi connectivity index (χ3v) is 5.61. The van der Waals surface area contributed by atoms with Crippen LogP contribution in [0.5, 0.6) is 0 Å². The quantitative estimate of drug-likeness (QED) is 0.910. The van der Waals surface area contributed by atoms with Crippen molar-refractivity contribution < 1.29 is 8.42 Å². The van der Waals surface area contributed by atoms with Gasteiger partial charge in [-0.2, -0.15) is 0 Å². The number of benzene rings is 1. The molecule has 1 aliphatic rings. The van der Waals surface area contributed by atoms with Gasteiger partial charge in [-0.25, -0.2) is 8.42 Å². The van der Waals surface area contributed by atoms with Gasteiger partial charge in [-0.05, 0) is 37.8 Å². The Morgan fingerprint density at radius 1 is 1.22 bits per heavy atom. The molecule has 1 atom stereocenters. The molecule has 1 aromatic carbocycles. The summed E-state index contributed by atoms with van der Waals surface area (Å²) in [6, 6.07) is 6.78. The van der Waals surface area contributed by atoms with Crippen LogP contribution in [0.25, 0.3) is 0 Å². The monoisotopic (exact) mass is 267 g/mol. The Labute approximate surface area is 109 Å². The van der Waals surface area contributed by atoms with Gasteiger partial charge in [-0.15, -0.1) is 0 Å². The van der Waals surface area contributed by atoms with Crippen molar-refractivity contribution in [3.05, 3.63) is 29.8 Å². The van der Waals surface area contributed by atoms with E-state index in [-0.39, 0.29) is 11.8 Å². The molecule has 100 valence electrons. The van der Waals surface area contributed by atoms with Crippen molar-refractivity contribution in [3.63, 3.8) is 0 Å². The van der Waals surface area contributed by atoms with Gasteiger partial charge in [-0.3, -0.25) is 0 Å². The molecule has 1 saturated carbocycles. The fraction of sp³-hybridized carbons (Fsp3) is 0.571. The summed E-state index contributed by atoms with van der Waals surface area (Å²) in [4.78, 5) is 0.390. The first-order valence-corrected chi connectivity index (χ1v) is 8.19. The third-order valence-electron chi connectivity index (χ3n) is 3.80. The van der Waals surface area contributed by atoms with Crippen molar-refractivity contribution in [1.29, 1.82) is 0 Å². The highest BCUT2D eigenvalue weighted by Crippen LogP contribution is 2.28. The summed E-state index contributed by atoms with van der Waals surface area (Å²) in [5.41, 5.74) is 7.12. The predicted molar refractivity (Wildman–Crippen MR) is 73.2 cm³/mol. The first-order valence-electron chi connectivity index (χ1n) is 6.54. The van der Waals surface area contributed by atoms with E-state index in [1.165, 1.54) is 12.8 Å². The number of aryl methyl sites for hydroxylation is 1. The molecule has 0 bridgehead atoms. The Morgan fingerprint density at radius 2 is 1.78 bits per heavy atom. The Kier molecular flexibility index (Phi) is 4.07. The summed E-state index contributed by atoms with van der Waals surface area (Å²) in [6.45, 7) is 1.95. The van der Waals surface area contributed by atoms with Gasteiger partial charge in [0, 0.05) is 6.04 Å². The van der Waals surface area contributed by atoms with Crippen molar-refractivity contribution in [1.82, 2.24) is 0 Å². The minimum Gasteiger partial charge on any atom is -0.327 e. The van der Waals surface area contributed by atoms with Crippen molar-refractivity contribution in [2.75, 3.05) is 5.75 Å². The van der Waals surface area contributed by atoms with Gasteiger partial charge in [0.15, 0.2) is 9.84 Å². The lowest BCUT2D eigenvalue weighted by atomic mass is 10.0. The molecule has 1 fully saturated rings. The second-order valence-electron chi connectivity index (χ2n) is 5.30. The molecule has 0 aliphatic heterocycles. The topological polar surface area (TPSA) is 60.2 Å². The average molecular weight is 267 g/mol.